The Balaban J connectivity index is 1.74. The summed E-state index contributed by atoms with van der Waals surface area (Å²) in [6, 6.07) is 14.0. The first kappa shape index (κ1) is 17.3. The smallest absolute Gasteiger partial charge is 0.273 e. The van der Waals surface area contributed by atoms with Gasteiger partial charge in [0.05, 0.1) is 22.4 Å². The molecule has 3 N–H and O–H groups in total. The molecule has 6 nitrogen and oxygen atoms in total. The number of fused-ring (bicyclic) bond motifs is 1. The van der Waals surface area contributed by atoms with Crippen LogP contribution in [0.2, 0.25) is 5.02 Å². The van der Waals surface area contributed by atoms with E-state index in [2.05, 4.69) is 20.8 Å². The number of para-hydroxylation sites is 1. The Kier molecular flexibility index (Phi) is 4.62. The zero-order chi connectivity index (χ0) is 18.8. The molecule has 0 bridgehead atoms. The highest BCUT2D eigenvalue weighted by atomic mass is 35.5. The number of carbonyl (C=O) groups excluding carboxylic acids is 1. The third-order valence-electron chi connectivity index (χ3n) is 3.83. The second-order valence-electron chi connectivity index (χ2n) is 5.68. The van der Waals surface area contributed by atoms with E-state index in [9.17, 15) is 9.90 Å². The number of phenolic OH excluding ortho intramolecular Hbond substituents is 1. The molecule has 0 saturated carbocycles. The molecule has 0 fully saturated rings. The van der Waals surface area contributed by atoms with Crippen molar-refractivity contribution >= 4 is 57.5 Å². The molecule has 0 radical (unpaired) electrons. The SMILES string of the molecule is O=C1NN=Cc2sc(Nc3ccc(Cl)cc3)nc2/C1=C\c1ccccc1O. The van der Waals surface area contributed by atoms with Gasteiger partial charge in [0.2, 0.25) is 0 Å². The van der Waals surface area contributed by atoms with Crippen molar-refractivity contribution in [3.8, 4) is 5.75 Å². The minimum atomic E-state index is -0.392. The molecule has 2 heterocycles. The van der Waals surface area contributed by atoms with Gasteiger partial charge in [0.1, 0.15) is 5.75 Å². The van der Waals surface area contributed by atoms with Crippen molar-refractivity contribution in [2.45, 2.75) is 0 Å². The van der Waals surface area contributed by atoms with Crippen LogP contribution in [-0.2, 0) is 4.79 Å². The van der Waals surface area contributed by atoms with Crippen LogP contribution in [0.5, 0.6) is 5.75 Å². The fourth-order valence-electron chi connectivity index (χ4n) is 2.54. The number of hydrogen-bond acceptors (Lipinski definition) is 6. The summed E-state index contributed by atoms with van der Waals surface area (Å²) >= 11 is 7.28. The Hall–Kier alpha value is -3.16. The lowest BCUT2D eigenvalue weighted by molar-refractivity contribution is -0.115. The van der Waals surface area contributed by atoms with E-state index in [1.165, 1.54) is 11.3 Å². The molecule has 1 aliphatic rings. The summed E-state index contributed by atoms with van der Waals surface area (Å²) in [5, 5.41) is 18.4. The van der Waals surface area contributed by atoms with Crippen LogP contribution in [-0.4, -0.2) is 22.2 Å². The zero-order valence-electron chi connectivity index (χ0n) is 13.8. The molecule has 1 aliphatic heterocycles. The number of phenols is 1. The Morgan fingerprint density at radius 2 is 1.93 bits per heavy atom. The van der Waals surface area contributed by atoms with Gasteiger partial charge in [-0.1, -0.05) is 41.1 Å². The molecule has 0 aliphatic carbocycles. The Bertz CT molecular complexity index is 1070. The van der Waals surface area contributed by atoms with Crippen LogP contribution in [0.25, 0.3) is 11.6 Å². The molecule has 0 atom stereocenters. The molecular formula is C19H13ClN4O2S. The molecule has 8 heteroatoms. The molecule has 4 rings (SSSR count). The van der Waals surface area contributed by atoms with Crippen LogP contribution in [0.15, 0.2) is 53.6 Å². The first-order chi connectivity index (χ1) is 13.1. The molecule has 0 saturated heterocycles. The standard InChI is InChI=1S/C19H13ClN4O2S/c20-12-5-7-13(8-6-12)22-19-23-17-14(9-11-3-1-2-4-15(11)25)18(26)24-21-10-16(17)27-19/h1-10,25H,(H,22,23)(H,24,26)/b14-9+. The van der Waals surface area contributed by atoms with Gasteiger partial charge in [-0.15, -0.1) is 0 Å². The van der Waals surface area contributed by atoms with Gasteiger partial charge in [0.15, 0.2) is 5.13 Å². The number of carbonyl (C=O) groups is 1. The Morgan fingerprint density at radius 1 is 1.15 bits per heavy atom. The first-order valence-electron chi connectivity index (χ1n) is 7.97. The summed E-state index contributed by atoms with van der Waals surface area (Å²) in [5.41, 5.74) is 4.63. The van der Waals surface area contributed by atoms with Crippen LogP contribution in [0, 0.1) is 0 Å². The lowest BCUT2D eigenvalue weighted by Gasteiger charge is -2.04. The van der Waals surface area contributed by atoms with E-state index >= 15 is 0 Å². The van der Waals surface area contributed by atoms with Gasteiger partial charge in [0, 0.05) is 16.3 Å². The highest BCUT2D eigenvalue weighted by molar-refractivity contribution is 7.17. The molecular weight excluding hydrogens is 384 g/mol. The van der Waals surface area contributed by atoms with Gasteiger partial charge in [-0.05, 0) is 36.4 Å². The van der Waals surface area contributed by atoms with Crippen molar-refractivity contribution in [2.75, 3.05) is 5.32 Å². The molecule has 1 amide bonds. The van der Waals surface area contributed by atoms with Crippen LogP contribution in [0.3, 0.4) is 0 Å². The van der Waals surface area contributed by atoms with Gasteiger partial charge in [-0.25, -0.2) is 10.4 Å². The van der Waals surface area contributed by atoms with E-state index in [1.807, 2.05) is 12.1 Å². The number of thiazole rings is 1. The van der Waals surface area contributed by atoms with Gasteiger partial charge in [-0.2, -0.15) is 5.10 Å². The van der Waals surface area contributed by atoms with E-state index in [4.69, 9.17) is 11.6 Å². The van der Waals surface area contributed by atoms with Gasteiger partial charge in [-0.3, -0.25) is 4.79 Å². The number of aromatic hydroxyl groups is 1. The number of rotatable bonds is 3. The third-order valence-corrected chi connectivity index (χ3v) is 4.99. The van der Waals surface area contributed by atoms with Crippen LogP contribution < -0.4 is 10.7 Å². The number of hydrazone groups is 1. The van der Waals surface area contributed by atoms with E-state index in [-0.39, 0.29) is 5.75 Å². The second-order valence-corrected chi connectivity index (χ2v) is 7.15. The third kappa shape index (κ3) is 3.69. The average Bonchev–Trinajstić information content (AvgIpc) is 2.99. The molecule has 0 spiro atoms. The molecule has 2 aromatic carbocycles. The summed E-state index contributed by atoms with van der Waals surface area (Å²) in [7, 11) is 0. The number of halogens is 1. The summed E-state index contributed by atoms with van der Waals surface area (Å²) < 4.78 is 0. The van der Waals surface area contributed by atoms with Gasteiger partial charge >= 0.3 is 0 Å². The summed E-state index contributed by atoms with van der Waals surface area (Å²) in [5.74, 6) is -0.309. The number of benzene rings is 2. The molecule has 0 unspecified atom stereocenters. The molecule has 1 aromatic heterocycles. The maximum Gasteiger partial charge on any atom is 0.273 e. The minimum Gasteiger partial charge on any atom is -0.507 e. The maximum absolute atomic E-state index is 12.5. The highest BCUT2D eigenvalue weighted by Crippen LogP contribution is 2.32. The van der Waals surface area contributed by atoms with Gasteiger partial charge in [0.25, 0.3) is 5.91 Å². The van der Waals surface area contributed by atoms with Gasteiger partial charge < -0.3 is 10.4 Å². The topological polar surface area (TPSA) is 86.6 Å². The summed E-state index contributed by atoms with van der Waals surface area (Å²) in [4.78, 5) is 17.7. The molecule has 27 heavy (non-hydrogen) atoms. The number of nitrogens with zero attached hydrogens (tertiary/aromatic N) is 2. The number of nitrogens with one attached hydrogen (secondary N) is 2. The van der Waals surface area contributed by atoms with Crippen LogP contribution in [0.4, 0.5) is 10.8 Å². The number of amides is 1. The number of aromatic nitrogens is 1. The van der Waals surface area contributed by atoms with Crippen LogP contribution >= 0.6 is 22.9 Å². The highest BCUT2D eigenvalue weighted by Gasteiger charge is 2.23. The van der Waals surface area contributed by atoms with Crippen molar-refractivity contribution < 1.29 is 9.90 Å². The zero-order valence-corrected chi connectivity index (χ0v) is 15.4. The van der Waals surface area contributed by atoms with E-state index in [0.29, 0.717) is 27.0 Å². The summed E-state index contributed by atoms with van der Waals surface area (Å²) in [6.45, 7) is 0. The molecule has 3 aromatic rings. The lowest BCUT2D eigenvalue weighted by Crippen LogP contribution is -2.17. The number of anilines is 2. The maximum atomic E-state index is 12.5. The Labute approximate surface area is 163 Å². The predicted octanol–water partition coefficient (Wildman–Crippen LogP) is 4.25. The van der Waals surface area contributed by atoms with Crippen molar-refractivity contribution in [1.82, 2.24) is 10.4 Å². The largest absolute Gasteiger partial charge is 0.507 e. The van der Waals surface area contributed by atoms with E-state index in [0.717, 1.165) is 10.6 Å². The fraction of sp³-hybridized carbons (Fsp3) is 0. The summed E-state index contributed by atoms with van der Waals surface area (Å²) in [6.07, 6.45) is 3.16. The van der Waals surface area contributed by atoms with Crippen molar-refractivity contribution in [3.63, 3.8) is 0 Å². The fourth-order valence-corrected chi connectivity index (χ4v) is 3.54. The Morgan fingerprint density at radius 3 is 2.70 bits per heavy atom. The number of hydrogen-bond donors (Lipinski definition) is 3. The second kappa shape index (κ2) is 7.22. The quantitative estimate of drug-likeness (QED) is 0.577. The molecule has 134 valence electrons. The first-order valence-corrected chi connectivity index (χ1v) is 9.16. The normalized spacial score (nSPS) is 14.6. The van der Waals surface area contributed by atoms with Crippen molar-refractivity contribution in [3.05, 3.63) is 69.7 Å². The van der Waals surface area contributed by atoms with Crippen molar-refractivity contribution in [2.24, 2.45) is 5.10 Å². The van der Waals surface area contributed by atoms with E-state index in [1.54, 1.807) is 48.7 Å². The monoisotopic (exact) mass is 396 g/mol. The van der Waals surface area contributed by atoms with Crippen LogP contribution in [0.1, 0.15) is 16.1 Å². The predicted molar refractivity (Wildman–Crippen MR) is 109 cm³/mol. The minimum absolute atomic E-state index is 0.0826. The lowest BCUT2D eigenvalue weighted by atomic mass is 10.1. The van der Waals surface area contributed by atoms with E-state index < -0.39 is 5.91 Å². The van der Waals surface area contributed by atoms with Crippen molar-refractivity contribution in [1.29, 1.82) is 0 Å². The average molecular weight is 397 g/mol.